The number of carbonyl (C=O) groups excluding carboxylic acids is 3. The van der Waals surface area contributed by atoms with Gasteiger partial charge >= 0.3 is 17.8 Å². The van der Waals surface area contributed by atoms with Gasteiger partial charge in [0.2, 0.25) is 0 Å². The van der Waals surface area contributed by atoms with E-state index in [1.807, 2.05) is 6.92 Å². The fourth-order valence-electron chi connectivity index (χ4n) is 2.83. The Kier molecular flexibility index (Phi) is 8.22. The summed E-state index contributed by atoms with van der Waals surface area (Å²) < 4.78 is 5.20. The third-order valence-electron chi connectivity index (χ3n) is 4.43. The third-order valence-corrected chi connectivity index (χ3v) is 4.43. The molecule has 1 aliphatic rings. The number of piperazine rings is 1. The normalized spacial score (nSPS) is 14.7. The molecule has 8 nitrogen and oxygen atoms in total. The summed E-state index contributed by atoms with van der Waals surface area (Å²) in [5.41, 5.74) is 6.06. The van der Waals surface area contributed by atoms with Gasteiger partial charge in [-0.05, 0) is 18.6 Å². The zero-order chi connectivity index (χ0) is 19.6. The Balaban J connectivity index is 1.95. The lowest BCUT2D eigenvalue weighted by molar-refractivity contribution is -0.144. The van der Waals surface area contributed by atoms with Crippen LogP contribution in [0, 0.1) is 0 Å². The molecule has 0 radical (unpaired) electrons. The maximum Gasteiger partial charge on any atom is 0.340 e. The van der Waals surface area contributed by atoms with Gasteiger partial charge in [-0.3, -0.25) is 14.5 Å². The summed E-state index contributed by atoms with van der Waals surface area (Å²) in [6, 6.07) is 6.53. The SMILES string of the molecule is CCCCOC(=O)c1ccccc1NC(=O)C(=O)N1CCN(CCN)CC1. The van der Waals surface area contributed by atoms with Crippen molar-refractivity contribution in [2.24, 2.45) is 5.73 Å². The molecule has 0 bridgehead atoms. The number of esters is 1. The standard InChI is InChI=1S/C19H28N4O4/c1-2-3-14-27-19(26)15-6-4-5-7-16(15)21-17(24)18(25)23-12-10-22(9-8-20)11-13-23/h4-7H,2-3,8-14,20H2,1H3,(H,21,24). The van der Waals surface area contributed by atoms with Crippen LogP contribution in [0.3, 0.4) is 0 Å². The van der Waals surface area contributed by atoms with E-state index in [-0.39, 0.29) is 11.3 Å². The molecule has 8 heteroatoms. The molecule has 0 aliphatic carbocycles. The zero-order valence-electron chi connectivity index (χ0n) is 15.8. The third kappa shape index (κ3) is 6.04. The molecule has 1 heterocycles. The van der Waals surface area contributed by atoms with Gasteiger partial charge in [-0.15, -0.1) is 0 Å². The number of anilines is 1. The van der Waals surface area contributed by atoms with Gasteiger partial charge in [-0.1, -0.05) is 25.5 Å². The highest BCUT2D eigenvalue weighted by molar-refractivity contribution is 6.39. The second-order valence-corrected chi connectivity index (χ2v) is 6.41. The molecular formula is C19H28N4O4. The molecular weight excluding hydrogens is 348 g/mol. The summed E-state index contributed by atoms with van der Waals surface area (Å²) >= 11 is 0. The lowest BCUT2D eigenvalue weighted by Gasteiger charge is -2.34. The van der Waals surface area contributed by atoms with Gasteiger partial charge in [0.1, 0.15) is 0 Å². The monoisotopic (exact) mass is 376 g/mol. The van der Waals surface area contributed by atoms with Gasteiger partial charge in [0.25, 0.3) is 0 Å². The predicted molar refractivity (Wildman–Crippen MR) is 102 cm³/mol. The smallest absolute Gasteiger partial charge is 0.340 e. The van der Waals surface area contributed by atoms with Gasteiger partial charge in [0.05, 0.1) is 17.9 Å². The molecule has 2 rings (SSSR count). The minimum absolute atomic E-state index is 0.238. The molecule has 0 aromatic heterocycles. The molecule has 1 aromatic carbocycles. The summed E-state index contributed by atoms with van der Waals surface area (Å²) in [6.07, 6.45) is 1.69. The highest BCUT2D eigenvalue weighted by atomic mass is 16.5. The molecule has 0 unspecified atom stereocenters. The van der Waals surface area contributed by atoms with Crippen molar-refractivity contribution in [3.8, 4) is 0 Å². The largest absolute Gasteiger partial charge is 0.462 e. The summed E-state index contributed by atoms with van der Waals surface area (Å²) in [5.74, 6) is -1.87. The Morgan fingerprint density at radius 1 is 1.15 bits per heavy atom. The molecule has 0 saturated carbocycles. The van der Waals surface area contributed by atoms with E-state index in [0.29, 0.717) is 39.3 Å². The lowest BCUT2D eigenvalue weighted by atomic mass is 10.1. The summed E-state index contributed by atoms with van der Waals surface area (Å²) in [4.78, 5) is 40.7. The second-order valence-electron chi connectivity index (χ2n) is 6.41. The number of hydrogen-bond acceptors (Lipinski definition) is 6. The first-order valence-electron chi connectivity index (χ1n) is 9.35. The van der Waals surface area contributed by atoms with E-state index in [9.17, 15) is 14.4 Å². The van der Waals surface area contributed by atoms with Crippen LogP contribution >= 0.6 is 0 Å². The van der Waals surface area contributed by atoms with Crippen LogP contribution in [0.15, 0.2) is 24.3 Å². The summed E-state index contributed by atoms with van der Waals surface area (Å²) in [5, 5.41) is 2.55. The molecule has 2 amide bonds. The van der Waals surface area contributed by atoms with Crippen molar-refractivity contribution in [3.05, 3.63) is 29.8 Å². The van der Waals surface area contributed by atoms with Gasteiger partial charge in [-0.25, -0.2) is 4.79 Å². The molecule has 1 fully saturated rings. The van der Waals surface area contributed by atoms with Gasteiger partial charge in [0.15, 0.2) is 0 Å². The van der Waals surface area contributed by atoms with Crippen molar-refractivity contribution in [1.82, 2.24) is 9.80 Å². The lowest BCUT2D eigenvalue weighted by Crippen LogP contribution is -2.52. The Morgan fingerprint density at radius 2 is 1.85 bits per heavy atom. The number of carbonyl (C=O) groups is 3. The maximum absolute atomic E-state index is 12.4. The quantitative estimate of drug-likeness (QED) is 0.412. The molecule has 148 valence electrons. The number of hydrogen-bond donors (Lipinski definition) is 2. The van der Waals surface area contributed by atoms with Crippen LogP contribution in [0.1, 0.15) is 30.1 Å². The van der Waals surface area contributed by atoms with E-state index in [1.165, 1.54) is 4.90 Å². The molecule has 1 saturated heterocycles. The van der Waals surface area contributed by atoms with Crippen molar-refractivity contribution in [1.29, 1.82) is 0 Å². The Morgan fingerprint density at radius 3 is 2.52 bits per heavy atom. The number of nitrogens with one attached hydrogen (secondary N) is 1. The number of nitrogens with zero attached hydrogens (tertiary/aromatic N) is 2. The molecule has 3 N–H and O–H groups in total. The number of nitrogens with two attached hydrogens (primary N) is 1. The maximum atomic E-state index is 12.4. The van der Waals surface area contributed by atoms with Crippen LogP contribution < -0.4 is 11.1 Å². The van der Waals surface area contributed by atoms with Crippen LogP contribution in [-0.2, 0) is 14.3 Å². The topological polar surface area (TPSA) is 105 Å². The predicted octanol–water partition coefficient (Wildman–Crippen LogP) is 0.685. The van der Waals surface area contributed by atoms with Gasteiger partial charge < -0.3 is 20.7 Å². The fourth-order valence-corrected chi connectivity index (χ4v) is 2.83. The first-order valence-corrected chi connectivity index (χ1v) is 9.35. The van der Waals surface area contributed by atoms with E-state index in [4.69, 9.17) is 10.5 Å². The number of para-hydroxylation sites is 1. The first-order chi connectivity index (χ1) is 13.1. The zero-order valence-corrected chi connectivity index (χ0v) is 15.8. The highest BCUT2D eigenvalue weighted by Gasteiger charge is 2.26. The Bertz CT molecular complexity index is 657. The molecule has 0 atom stereocenters. The van der Waals surface area contributed by atoms with Crippen LogP contribution in [0.25, 0.3) is 0 Å². The van der Waals surface area contributed by atoms with E-state index >= 15 is 0 Å². The summed E-state index contributed by atoms with van der Waals surface area (Å²) in [7, 11) is 0. The van der Waals surface area contributed by atoms with Crippen molar-refractivity contribution in [2.75, 3.05) is 51.2 Å². The molecule has 1 aliphatic heterocycles. The second kappa shape index (κ2) is 10.6. The minimum Gasteiger partial charge on any atom is -0.462 e. The van der Waals surface area contributed by atoms with Crippen LogP contribution in [0.4, 0.5) is 5.69 Å². The molecule has 1 aromatic rings. The Labute approximate surface area is 159 Å². The number of unbranched alkanes of at least 4 members (excludes halogenated alkanes) is 1. The van der Waals surface area contributed by atoms with E-state index in [0.717, 1.165) is 19.4 Å². The van der Waals surface area contributed by atoms with E-state index in [2.05, 4.69) is 10.2 Å². The average molecular weight is 376 g/mol. The highest BCUT2D eigenvalue weighted by Crippen LogP contribution is 2.17. The number of amides is 2. The summed E-state index contributed by atoms with van der Waals surface area (Å²) in [6.45, 7) is 6.02. The minimum atomic E-state index is -0.754. The first kappa shape index (κ1) is 20.9. The van der Waals surface area contributed by atoms with Crippen molar-refractivity contribution >= 4 is 23.5 Å². The van der Waals surface area contributed by atoms with Crippen molar-refractivity contribution in [2.45, 2.75) is 19.8 Å². The van der Waals surface area contributed by atoms with E-state index < -0.39 is 17.8 Å². The fraction of sp³-hybridized carbons (Fsp3) is 0.526. The van der Waals surface area contributed by atoms with Crippen LogP contribution in [0.2, 0.25) is 0 Å². The van der Waals surface area contributed by atoms with Crippen LogP contribution in [0.5, 0.6) is 0 Å². The van der Waals surface area contributed by atoms with Gasteiger partial charge in [-0.2, -0.15) is 0 Å². The average Bonchev–Trinajstić information content (AvgIpc) is 2.68. The molecule has 27 heavy (non-hydrogen) atoms. The molecule has 0 spiro atoms. The number of rotatable bonds is 7. The van der Waals surface area contributed by atoms with Gasteiger partial charge in [0, 0.05) is 39.3 Å². The Hall–Kier alpha value is -2.45. The van der Waals surface area contributed by atoms with Crippen molar-refractivity contribution in [3.63, 3.8) is 0 Å². The van der Waals surface area contributed by atoms with Crippen molar-refractivity contribution < 1.29 is 19.1 Å². The van der Waals surface area contributed by atoms with Crippen LogP contribution in [-0.4, -0.2) is 73.5 Å². The van der Waals surface area contributed by atoms with E-state index in [1.54, 1.807) is 24.3 Å². The number of ether oxygens (including phenoxy) is 1. The number of benzene rings is 1.